The molecule has 5 rings (SSSR count). The number of rotatable bonds is 14. The van der Waals surface area contributed by atoms with Crippen LogP contribution in [-0.4, -0.2) is 49.5 Å². The standard InChI is InChI=1S/C40H44N4O4S/c1-5-11-35-43-37-26(4)20-30(38(45)42-31(21-27-12-7-6-8-13-27)24-49-40(48)36(41)25(2)3)22-34(37)44(35)23-28-16-18-29(19-17-28)32-14-9-10-15-33(32)39(46)47/h6-10,12-20,22,25,31,36H,5,11,21,23-24,41H2,1-4H3,(H,42,45)(H,46,47)/t31-,36+/m1/s1. The highest BCUT2D eigenvalue weighted by Gasteiger charge is 2.23. The number of thioether (sulfide) groups is 1. The smallest absolute Gasteiger partial charge is 0.336 e. The molecule has 254 valence electrons. The number of nitrogens with two attached hydrogens (primary N) is 1. The Morgan fingerprint density at radius 1 is 0.939 bits per heavy atom. The first kappa shape index (κ1) is 35.6. The number of hydrogen-bond acceptors (Lipinski definition) is 6. The molecule has 0 saturated carbocycles. The van der Waals surface area contributed by atoms with E-state index in [2.05, 4.69) is 16.8 Å². The molecule has 1 amide bonds. The van der Waals surface area contributed by atoms with Gasteiger partial charge in [0, 0.05) is 30.3 Å². The van der Waals surface area contributed by atoms with E-state index in [1.165, 1.54) is 11.8 Å². The summed E-state index contributed by atoms with van der Waals surface area (Å²) in [5.74, 6) is 0.214. The summed E-state index contributed by atoms with van der Waals surface area (Å²) in [6.07, 6.45) is 2.28. The maximum Gasteiger partial charge on any atom is 0.336 e. The van der Waals surface area contributed by atoms with E-state index in [1.54, 1.807) is 12.1 Å². The number of fused-ring (bicyclic) bond motifs is 1. The number of aryl methyl sites for hydroxylation is 2. The van der Waals surface area contributed by atoms with Crippen molar-refractivity contribution in [2.45, 2.75) is 65.6 Å². The van der Waals surface area contributed by atoms with Crippen LogP contribution < -0.4 is 11.1 Å². The summed E-state index contributed by atoms with van der Waals surface area (Å²) in [5.41, 5.74) is 13.2. The second kappa shape index (κ2) is 16.1. The van der Waals surface area contributed by atoms with Crippen LogP contribution in [0.3, 0.4) is 0 Å². The number of benzene rings is 4. The lowest BCUT2D eigenvalue weighted by Crippen LogP contribution is -2.40. The predicted octanol–water partition coefficient (Wildman–Crippen LogP) is 7.29. The zero-order valence-corrected chi connectivity index (χ0v) is 29.3. The molecule has 5 aromatic rings. The molecule has 1 heterocycles. The van der Waals surface area contributed by atoms with E-state index in [0.29, 0.717) is 29.8 Å². The van der Waals surface area contributed by atoms with Crippen LogP contribution in [0.2, 0.25) is 0 Å². The van der Waals surface area contributed by atoms with Crippen molar-refractivity contribution < 1.29 is 19.5 Å². The third-order valence-electron chi connectivity index (χ3n) is 8.70. The number of hydrogen-bond donors (Lipinski definition) is 3. The summed E-state index contributed by atoms with van der Waals surface area (Å²) in [7, 11) is 0. The molecule has 0 spiro atoms. The van der Waals surface area contributed by atoms with Crippen molar-refractivity contribution in [3.8, 4) is 11.1 Å². The van der Waals surface area contributed by atoms with Crippen molar-refractivity contribution in [3.63, 3.8) is 0 Å². The highest BCUT2D eigenvalue weighted by atomic mass is 32.2. The number of carbonyl (C=O) groups excluding carboxylic acids is 2. The Kier molecular flexibility index (Phi) is 11.7. The summed E-state index contributed by atoms with van der Waals surface area (Å²) in [4.78, 5) is 43.4. The SMILES string of the molecule is CCCc1nc2c(C)cc(C(=O)N[C@@H](CSC(=O)[C@@H](N)C(C)C)Cc3ccccc3)cc2n1Cc1ccc(-c2ccccc2C(=O)O)cc1. The number of aromatic carboxylic acids is 1. The number of carboxylic acid groups (broad SMARTS) is 1. The fourth-order valence-electron chi connectivity index (χ4n) is 5.93. The molecule has 0 fully saturated rings. The van der Waals surface area contributed by atoms with E-state index in [9.17, 15) is 19.5 Å². The first-order chi connectivity index (χ1) is 23.5. The molecule has 0 saturated heterocycles. The molecule has 0 aliphatic carbocycles. The zero-order chi connectivity index (χ0) is 35.1. The van der Waals surface area contributed by atoms with Gasteiger partial charge >= 0.3 is 5.97 Å². The molecule has 0 radical (unpaired) electrons. The average Bonchev–Trinajstić information content (AvgIpc) is 3.44. The van der Waals surface area contributed by atoms with E-state index in [1.807, 2.05) is 99.6 Å². The Hall–Kier alpha value is -4.73. The van der Waals surface area contributed by atoms with Gasteiger partial charge in [0.25, 0.3) is 5.91 Å². The third-order valence-corrected chi connectivity index (χ3v) is 9.83. The summed E-state index contributed by atoms with van der Waals surface area (Å²) < 4.78 is 2.17. The summed E-state index contributed by atoms with van der Waals surface area (Å²) in [6.45, 7) is 8.50. The lowest BCUT2D eigenvalue weighted by Gasteiger charge is -2.20. The van der Waals surface area contributed by atoms with Gasteiger partial charge in [0.05, 0.1) is 22.6 Å². The number of aromatic nitrogens is 2. The zero-order valence-electron chi connectivity index (χ0n) is 28.5. The predicted molar refractivity (Wildman–Crippen MR) is 198 cm³/mol. The molecule has 49 heavy (non-hydrogen) atoms. The molecule has 4 N–H and O–H groups in total. The lowest BCUT2D eigenvalue weighted by atomic mass is 9.98. The summed E-state index contributed by atoms with van der Waals surface area (Å²) in [6, 6.07) is 27.8. The van der Waals surface area contributed by atoms with Gasteiger partial charge < -0.3 is 20.7 Å². The number of imidazole rings is 1. The summed E-state index contributed by atoms with van der Waals surface area (Å²) in [5, 5.41) is 12.8. The van der Waals surface area contributed by atoms with Crippen LogP contribution in [0.5, 0.6) is 0 Å². The van der Waals surface area contributed by atoms with E-state index in [-0.39, 0.29) is 28.5 Å². The Morgan fingerprint density at radius 3 is 2.31 bits per heavy atom. The minimum Gasteiger partial charge on any atom is -0.478 e. The van der Waals surface area contributed by atoms with Gasteiger partial charge in [0.15, 0.2) is 0 Å². The Morgan fingerprint density at radius 2 is 1.63 bits per heavy atom. The fraction of sp³-hybridized carbons (Fsp3) is 0.300. The molecule has 8 nitrogen and oxygen atoms in total. The Balaban J connectivity index is 1.42. The molecular formula is C40H44N4O4S. The second-order valence-corrected chi connectivity index (χ2v) is 13.9. The van der Waals surface area contributed by atoms with Gasteiger partial charge in [-0.05, 0) is 71.7 Å². The number of nitrogens with one attached hydrogen (secondary N) is 1. The van der Waals surface area contributed by atoms with Crippen LogP contribution in [0.25, 0.3) is 22.2 Å². The minimum atomic E-state index is -0.960. The van der Waals surface area contributed by atoms with Gasteiger partial charge in [-0.1, -0.05) is 105 Å². The van der Waals surface area contributed by atoms with Crippen LogP contribution in [0.4, 0.5) is 0 Å². The maximum atomic E-state index is 13.9. The molecule has 0 bridgehead atoms. The van der Waals surface area contributed by atoms with Crippen LogP contribution >= 0.6 is 11.8 Å². The Bertz CT molecular complexity index is 1940. The van der Waals surface area contributed by atoms with Gasteiger partial charge in [-0.25, -0.2) is 9.78 Å². The quantitative estimate of drug-likeness (QED) is 0.113. The number of nitrogens with zero attached hydrogens (tertiary/aromatic N) is 2. The molecule has 4 aromatic carbocycles. The number of carbonyl (C=O) groups is 3. The highest BCUT2D eigenvalue weighted by molar-refractivity contribution is 8.13. The molecule has 9 heteroatoms. The first-order valence-electron chi connectivity index (χ1n) is 16.7. The fourth-order valence-corrected chi connectivity index (χ4v) is 6.96. The van der Waals surface area contributed by atoms with Crippen LogP contribution in [0.15, 0.2) is 91.0 Å². The van der Waals surface area contributed by atoms with Gasteiger partial charge in [0.2, 0.25) is 5.12 Å². The number of carboxylic acids is 1. The van der Waals surface area contributed by atoms with Gasteiger partial charge in [-0.15, -0.1) is 0 Å². The lowest BCUT2D eigenvalue weighted by molar-refractivity contribution is -0.112. The Labute approximate surface area is 292 Å². The minimum absolute atomic E-state index is 0.0332. The third kappa shape index (κ3) is 8.66. The van der Waals surface area contributed by atoms with E-state index >= 15 is 0 Å². The van der Waals surface area contributed by atoms with Crippen molar-refractivity contribution in [2.24, 2.45) is 11.7 Å². The second-order valence-electron chi connectivity index (χ2n) is 12.8. The monoisotopic (exact) mass is 676 g/mol. The van der Waals surface area contributed by atoms with Crippen LogP contribution in [0.1, 0.15) is 70.4 Å². The number of amides is 1. The van der Waals surface area contributed by atoms with Crippen LogP contribution in [0, 0.1) is 12.8 Å². The highest BCUT2D eigenvalue weighted by Crippen LogP contribution is 2.27. The van der Waals surface area contributed by atoms with Gasteiger partial charge in [-0.3, -0.25) is 9.59 Å². The molecule has 0 aliphatic rings. The first-order valence-corrected chi connectivity index (χ1v) is 17.7. The van der Waals surface area contributed by atoms with Crippen molar-refractivity contribution in [3.05, 3.63) is 125 Å². The maximum absolute atomic E-state index is 13.9. The van der Waals surface area contributed by atoms with Crippen molar-refractivity contribution in [1.29, 1.82) is 0 Å². The van der Waals surface area contributed by atoms with E-state index in [4.69, 9.17) is 10.7 Å². The average molecular weight is 677 g/mol. The molecule has 0 aliphatic heterocycles. The normalized spacial score (nSPS) is 12.6. The van der Waals surface area contributed by atoms with Crippen molar-refractivity contribution >= 4 is 39.8 Å². The molecule has 0 unspecified atom stereocenters. The van der Waals surface area contributed by atoms with Gasteiger partial charge in [0.1, 0.15) is 5.82 Å². The summed E-state index contributed by atoms with van der Waals surface area (Å²) >= 11 is 1.18. The molecule has 1 aromatic heterocycles. The topological polar surface area (TPSA) is 127 Å². The largest absolute Gasteiger partial charge is 0.478 e. The molecular weight excluding hydrogens is 633 g/mol. The van der Waals surface area contributed by atoms with E-state index < -0.39 is 12.0 Å². The van der Waals surface area contributed by atoms with Crippen molar-refractivity contribution in [1.82, 2.24) is 14.9 Å². The van der Waals surface area contributed by atoms with E-state index in [0.717, 1.165) is 52.0 Å². The van der Waals surface area contributed by atoms with Crippen molar-refractivity contribution in [2.75, 3.05) is 5.75 Å². The molecule has 2 atom stereocenters. The van der Waals surface area contributed by atoms with Crippen LogP contribution in [-0.2, 0) is 24.2 Å². The van der Waals surface area contributed by atoms with Gasteiger partial charge in [-0.2, -0.15) is 0 Å².